The van der Waals surface area contributed by atoms with Gasteiger partial charge in [-0.05, 0) is 41.6 Å². The maximum Gasteiger partial charge on any atom is 0.283 e. The number of nitrogens with zero attached hydrogens (tertiary/aromatic N) is 2. The van der Waals surface area contributed by atoms with E-state index in [1.165, 1.54) is 17.5 Å². The highest BCUT2D eigenvalue weighted by atomic mass is 79.9. The number of hydrogen-bond donors (Lipinski definition) is 2. The van der Waals surface area contributed by atoms with Gasteiger partial charge in [-0.15, -0.1) is 6.58 Å². The Balaban J connectivity index is 2.28. The number of anilines is 1. The molecule has 1 atom stereocenters. The molecule has 0 spiro atoms. The first-order valence-electron chi connectivity index (χ1n) is 6.36. The summed E-state index contributed by atoms with van der Waals surface area (Å²) in [7, 11) is 0. The molecular formula is C13H19BrN4O. The van der Waals surface area contributed by atoms with Gasteiger partial charge in [-0.1, -0.05) is 6.08 Å². The third-order valence-corrected chi connectivity index (χ3v) is 4.38. The van der Waals surface area contributed by atoms with Crippen molar-refractivity contribution in [2.24, 2.45) is 11.7 Å². The molecule has 1 aromatic heterocycles. The Morgan fingerprint density at radius 2 is 2.42 bits per heavy atom. The Morgan fingerprint density at radius 3 is 2.95 bits per heavy atom. The lowest BCUT2D eigenvalue weighted by atomic mass is 9.96. The van der Waals surface area contributed by atoms with E-state index in [-0.39, 0.29) is 11.1 Å². The average molecular weight is 327 g/mol. The molecule has 1 saturated carbocycles. The summed E-state index contributed by atoms with van der Waals surface area (Å²) in [6, 6.07) is 0. The molecule has 0 aromatic carbocycles. The predicted octanol–water partition coefficient (Wildman–Crippen LogP) is 1.73. The number of allylic oxidation sites excluding steroid dienone is 1. The molecule has 6 heteroatoms. The van der Waals surface area contributed by atoms with Crippen LogP contribution in [-0.4, -0.2) is 21.9 Å². The third-order valence-electron chi connectivity index (χ3n) is 3.61. The lowest BCUT2D eigenvalue weighted by Gasteiger charge is -2.31. The molecule has 0 bridgehead atoms. The highest BCUT2D eigenvalue weighted by Crippen LogP contribution is 2.41. The summed E-state index contributed by atoms with van der Waals surface area (Å²) in [5.74, 6) is 0.569. The summed E-state index contributed by atoms with van der Waals surface area (Å²) in [4.78, 5) is 12.1. The summed E-state index contributed by atoms with van der Waals surface area (Å²) in [6.07, 6.45) is 5.66. The van der Waals surface area contributed by atoms with Gasteiger partial charge in [0, 0.05) is 12.1 Å². The van der Waals surface area contributed by atoms with Crippen molar-refractivity contribution in [1.82, 2.24) is 9.78 Å². The number of halogens is 1. The van der Waals surface area contributed by atoms with Gasteiger partial charge in [-0.25, -0.2) is 4.68 Å². The largest absolute Gasteiger partial charge is 0.376 e. The average Bonchev–Trinajstić information content (AvgIpc) is 3.23. The van der Waals surface area contributed by atoms with E-state index in [1.807, 2.05) is 0 Å². The minimum Gasteiger partial charge on any atom is -0.376 e. The van der Waals surface area contributed by atoms with Crippen LogP contribution in [0, 0.1) is 5.92 Å². The van der Waals surface area contributed by atoms with Crippen LogP contribution in [0.1, 0.15) is 19.8 Å². The molecule has 19 heavy (non-hydrogen) atoms. The van der Waals surface area contributed by atoms with Gasteiger partial charge < -0.3 is 11.1 Å². The standard InChI is InChI=1S/C13H19BrN4O/c1-3-6-18-12(19)11(14)10(7-16-18)17-13(2,8-15)9-4-5-9/h3,7,9,17H,1,4-6,8,15H2,2H3. The van der Waals surface area contributed by atoms with E-state index in [1.54, 1.807) is 12.3 Å². The van der Waals surface area contributed by atoms with Crippen LogP contribution in [0.2, 0.25) is 0 Å². The van der Waals surface area contributed by atoms with E-state index in [0.29, 0.717) is 29.2 Å². The van der Waals surface area contributed by atoms with Crippen LogP contribution in [0.3, 0.4) is 0 Å². The maximum atomic E-state index is 12.1. The second-order valence-corrected chi connectivity index (χ2v) is 5.96. The summed E-state index contributed by atoms with van der Waals surface area (Å²) >= 11 is 3.34. The van der Waals surface area contributed by atoms with Gasteiger partial charge in [0.05, 0.1) is 18.4 Å². The van der Waals surface area contributed by atoms with Crippen LogP contribution in [0.25, 0.3) is 0 Å². The Morgan fingerprint density at radius 1 is 1.74 bits per heavy atom. The van der Waals surface area contributed by atoms with Crippen LogP contribution < -0.4 is 16.6 Å². The quantitative estimate of drug-likeness (QED) is 0.781. The van der Waals surface area contributed by atoms with E-state index in [0.717, 1.165) is 0 Å². The van der Waals surface area contributed by atoms with Gasteiger partial charge in [0.25, 0.3) is 5.56 Å². The van der Waals surface area contributed by atoms with Crippen LogP contribution in [-0.2, 0) is 6.54 Å². The molecule has 104 valence electrons. The smallest absolute Gasteiger partial charge is 0.283 e. The van der Waals surface area contributed by atoms with E-state index in [2.05, 4.69) is 39.8 Å². The highest BCUT2D eigenvalue weighted by Gasteiger charge is 2.40. The van der Waals surface area contributed by atoms with Gasteiger partial charge >= 0.3 is 0 Å². The van der Waals surface area contributed by atoms with Gasteiger partial charge in [-0.3, -0.25) is 4.79 Å². The molecule has 1 fully saturated rings. The molecule has 5 nitrogen and oxygen atoms in total. The first-order chi connectivity index (χ1) is 9.01. The fraction of sp³-hybridized carbons (Fsp3) is 0.538. The molecule has 0 radical (unpaired) electrons. The fourth-order valence-corrected chi connectivity index (χ4v) is 2.56. The molecule has 1 heterocycles. The Bertz CT molecular complexity index is 538. The summed E-state index contributed by atoms with van der Waals surface area (Å²) in [6.45, 7) is 6.62. The topological polar surface area (TPSA) is 72.9 Å². The molecular weight excluding hydrogens is 308 g/mol. The molecule has 1 aromatic rings. The van der Waals surface area contributed by atoms with Crippen molar-refractivity contribution in [3.63, 3.8) is 0 Å². The van der Waals surface area contributed by atoms with Crippen LogP contribution in [0.15, 0.2) is 28.1 Å². The zero-order valence-electron chi connectivity index (χ0n) is 11.0. The Kier molecular flexibility index (Phi) is 4.10. The van der Waals surface area contributed by atoms with Crippen LogP contribution >= 0.6 is 15.9 Å². The van der Waals surface area contributed by atoms with E-state index in [4.69, 9.17) is 5.73 Å². The molecule has 1 aliphatic rings. The number of rotatable bonds is 6. The van der Waals surface area contributed by atoms with E-state index in [9.17, 15) is 4.79 Å². The molecule has 3 N–H and O–H groups in total. The minimum atomic E-state index is -0.179. The second kappa shape index (κ2) is 5.46. The van der Waals surface area contributed by atoms with E-state index >= 15 is 0 Å². The maximum absolute atomic E-state index is 12.1. The van der Waals surface area contributed by atoms with E-state index < -0.39 is 0 Å². The number of nitrogens with two attached hydrogens (primary N) is 1. The normalized spacial score (nSPS) is 17.8. The van der Waals surface area contributed by atoms with Gasteiger partial charge in [0.2, 0.25) is 0 Å². The summed E-state index contributed by atoms with van der Waals surface area (Å²) < 4.78 is 1.85. The number of hydrogen-bond acceptors (Lipinski definition) is 4. The number of nitrogens with one attached hydrogen (secondary N) is 1. The van der Waals surface area contributed by atoms with Crippen molar-refractivity contribution < 1.29 is 0 Å². The molecule has 0 saturated heterocycles. The molecule has 1 unspecified atom stereocenters. The van der Waals surface area contributed by atoms with Crippen molar-refractivity contribution in [3.05, 3.63) is 33.7 Å². The van der Waals surface area contributed by atoms with Crippen molar-refractivity contribution in [2.45, 2.75) is 31.8 Å². The molecule has 0 aliphatic heterocycles. The first kappa shape index (κ1) is 14.3. The van der Waals surface area contributed by atoms with Crippen LogP contribution in [0.5, 0.6) is 0 Å². The van der Waals surface area contributed by atoms with Crippen molar-refractivity contribution in [3.8, 4) is 0 Å². The second-order valence-electron chi connectivity index (χ2n) is 5.17. The summed E-state index contributed by atoms with van der Waals surface area (Å²) in [5, 5.41) is 7.50. The molecule has 2 rings (SSSR count). The first-order valence-corrected chi connectivity index (χ1v) is 7.16. The Labute approximate surface area is 121 Å². The molecule has 1 aliphatic carbocycles. The van der Waals surface area contributed by atoms with Crippen molar-refractivity contribution in [1.29, 1.82) is 0 Å². The monoisotopic (exact) mass is 326 g/mol. The predicted molar refractivity (Wildman–Crippen MR) is 80.2 cm³/mol. The van der Waals surface area contributed by atoms with Crippen molar-refractivity contribution >= 4 is 21.6 Å². The highest BCUT2D eigenvalue weighted by molar-refractivity contribution is 9.10. The van der Waals surface area contributed by atoms with Gasteiger partial charge in [0.15, 0.2) is 0 Å². The summed E-state index contributed by atoms with van der Waals surface area (Å²) in [5.41, 5.74) is 6.22. The lowest BCUT2D eigenvalue weighted by molar-refractivity contribution is 0.458. The number of aromatic nitrogens is 2. The van der Waals surface area contributed by atoms with Crippen molar-refractivity contribution in [2.75, 3.05) is 11.9 Å². The third kappa shape index (κ3) is 2.90. The van der Waals surface area contributed by atoms with Gasteiger partial charge in [0.1, 0.15) is 4.47 Å². The molecule has 0 amide bonds. The lowest BCUT2D eigenvalue weighted by Crippen LogP contribution is -2.45. The fourth-order valence-electron chi connectivity index (χ4n) is 2.15. The van der Waals surface area contributed by atoms with Gasteiger partial charge in [-0.2, -0.15) is 5.10 Å². The SMILES string of the molecule is C=CCn1ncc(NC(C)(CN)C2CC2)c(Br)c1=O. The minimum absolute atomic E-state index is 0.167. The van der Waals surface area contributed by atoms with Crippen LogP contribution in [0.4, 0.5) is 5.69 Å². The Hall–Kier alpha value is -1.14. The zero-order chi connectivity index (χ0) is 14.0. The zero-order valence-corrected chi connectivity index (χ0v) is 12.6.